The van der Waals surface area contributed by atoms with Crippen LogP contribution < -0.4 is 5.32 Å². The second-order valence-corrected chi connectivity index (χ2v) is 9.01. The molecule has 7 nitrogen and oxygen atoms in total. The molecule has 1 N–H and O–H groups in total. The van der Waals surface area contributed by atoms with Crippen LogP contribution in [0.2, 0.25) is 0 Å². The quantitative estimate of drug-likeness (QED) is 0.710. The van der Waals surface area contributed by atoms with Crippen LogP contribution in [0.15, 0.2) is 24.3 Å². The molecule has 2 heterocycles. The first-order valence-electron chi connectivity index (χ1n) is 11.6. The molecule has 0 aromatic heterocycles. The molecule has 0 radical (unpaired) electrons. The number of carbonyl (C=O) groups excluding carboxylic acids is 4. The van der Waals surface area contributed by atoms with E-state index in [1.165, 1.54) is 32.1 Å². The van der Waals surface area contributed by atoms with Crippen molar-refractivity contribution in [2.24, 2.45) is 5.92 Å². The molecule has 1 aromatic rings. The van der Waals surface area contributed by atoms with Gasteiger partial charge in [0, 0.05) is 25.6 Å². The summed E-state index contributed by atoms with van der Waals surface area (Å²) in [4.78, 5) is 52.7. The molecule has 3 aliphatic rings. The molecule has 0 atom stereocenters. The minimum atomic E-state index is -0.422. The van der Waals surface area contributed by atoms with Gasteiger partial charge in [0.15, 0.2) is 0 Å². The number of nitrogens with zero attached hydrogens (tertiary/aromatic N) is 2. The molecule has 4 amide bonds. The topological polar surface area (TPSA) is 86.8 Å². The number of piperidine rings is 1. The maximum Gasteiger partial charge on any atom is 0.262 e. The molecular weight excluding hydrogens is 394 g/mol. The predicted octanol–water partition coefficient (Wildman–Crippen LogP) is 2.75. The number of imide groups is 1. The average Bonchev–Trinajstić information content (AvgIpc) is 3.03. The van der Waals surface area contributed by atoms with Crippen molar-refractivity contribution in [1.29, 1.82) is 0 Å². The Morgan fingerprint density at radius 1 is 0.903 bits per heavy atom. The molecule has 2 fully saturated rings. The zero-order valence-corrected chi connectivity index (χ0v) is 18.0. The lowest BCUT2D eigenvalue weighted by atomic mass is 9.86. The molecule has 1 saturated carbocycles. The zero-order valence-electron chi connectivity index (χ0n) is 18.0. The Labute approximate surface area is 183 Å². The Balaban J connectivity index is 1.19. The third-order valence-corrected chi connectivity index (χ3v) is 6.88. The molecule has 0 unspecified atom stereocenters. The SMILES string of the molecule is O=C(CN1C(=O)c2ccccc2C1=O)NC1CCN(C(=O)CCC2CCCCC2)CC1. The number of amides is 4. The lowest BCUT2D eigenvalue weighted by Gasteiger charge is -2.33. The zero-order chi connectivity index (χ0) is 21.8. The second kappa shape index (κ2) is 9.62. The van der Waals surface area contributed by atoms with Crippen LogP contribution in [0.5, 0.6) is 0 Å². The van der Waals surface area contributed by atoms with E-state index in [1.54, 1.807) is 24.3 Å². The normalized spacial score (nSPS) is 20.1. The van der Waals surface area contributed by atoms with E-state index in [0.29, 0.717) is 49.4 Å². The van der Waals surface area contributed by atoms with Crippen LogP contribution in [0.1, 0.15) is 78.5 Å². The van der Waals surface area contributed by atoms with E-state index in [1.807, 2.05) is 4.90 Å². The molecule has 0 spiro atoms. The summed E-state index contributed by atoms with van der Waals surface area (Å²) < 4.78 is 0. The van der Waals surface area contributed by atoms with E-state index in [4.69, 9.17) is 0 Å². The highest BCUT2D eigenvalue weighted by molar-refractivity contribution is 6.22. The summed E-state index contributed by atoms with van der Waals surface area (Å²) in [6.07, 6.45) is 9.46. The fourth-order valence-electron chi connectivity index (χ4n) is 5.03. The first-order chi connectivity index (χ1) is 15.0. The third-order valence-electron chi connectivity index (χ3n) is 6.88. The first kappa shape index (κ1) is 21.5. The van der Waals surface area contributed by atoms with Crippen LogP contribution in [0, 0.1) is 5.92 Å². The molecule has 2 aliphatic heterocycles. The van der Waals surface area contributed by atoms with E-state index in [0.717, 1.165) is 11.3 Å². The Kier molecular flexibility index (Phi) is 6.68. The lowest BCUT2D eigenvalue weighted by molar-refractivity contribution is -0.132. The number of nitrogens with one attached hydrogen (secondary N) is 1. The standard InChI is InChI=1S/C24H31N3O4/c28-21(16-27-23(30)19-8-4-5-9-20(19)24(27)31)25-18-12-14-26(15-13-18)22(29)11-10-17-6-2-1-3-7-17/h4-5,8-9,17-18H,1-3,6-7,10-16H2,(H,25,28). The van der Waals surface area contributed by atoms with Gasteiger partial charge in [0.25, 0.3) is 11.8 Å². The van der Waals surface area contributed by atoms with Gasteiger partial charge in [0.2, 0.25) is 11.8 Å². The van der Waals surface area contributed by atoms with Gasteiger partial charge >= 0.3 is 0 Å². The Hall–Kier alpha value is -2.70. The van der Waals surface area contributed by atoms with Crippen molar-refractivity contribution >= 4 is 23.6 Å². The van der Waals surface area contributed by atoms with E-state index < -0.39 is 11.8 Å². The smallest absolute Gasteiger partial charge is 0.262 e. The Bertz CT molecular complexity index is 819. The summed E-state index contributed by atoms with van der Waals surface area (Å²) in [5.41, 5.74) is 0.695. The maximum atomic E-state index is 12.5. The summed E-state index contributed by atoms with van der Waals surface area (Å²) in [6.45, 7) is 1.01. The first-order valence-corrected chi connectivity index (χ1v) is 11.6. The number of fused-ring (bicyclic) bond motifs is 1. The molecule has 1 aromatic carbocycles. The van der Waals surface area contributed by atoms with Gasteiger partial charge in [-0.1, -0.05) is 44.2 Å². The number of rotatable bonds is 6. The highest BCUT2D eigenvalue weighted by atomic mass is 16.2. The van der Waals surface area contributed by atoms with Gasteiger partial charge in [0.1, 0.15) is 6.54 Å². The molecule has 1 aliphatic carbocycles. The van der Waals surface area contributed by atoms with E-state index in [2.05, 4.69) is 5.32 Å². The molecule has 7 heteroatoms. The van der Waals surface area contributed by atoms with Crippen LogP contribution in [-0.2, 0) is 9.59 Å². The van der Waals surface area contributed by atoms with E-state index in [9.17, 15) is 19.2 Å². The van der Waals surface area contributed by atoms with Gasteiger partial charge in [-0.05, 0) is 37.3 Å². The average molecular weight is 426 g/mol. The predicted molar refractivity (Wildman–Crippen MR) is 115 cm³/mol. The molecule has 31 heavy (non-hydrogen) atoms. The van der Waals surface area contributed by atoms with Gasteiger partial charge in [-0.2, -0.15) is 0 Å². The van der Waals surface area contributed by atoms with Crippen LogP contribution in [0.25, 0.3) is 0 Å². The van der Waals surface area contributed by atoms with E-state index in [-0.39, 0.29) is 24.4 Å². The lowest BCUT2D eigenvalue weighted by Crippen LogP contribution is -2.49. The highest BCUT2D eigenvalue weighted by Crippen LogP contribution is 2.28. The summed E-state index contributed by atoms with van der Waals surface area (Å²) in [6, 6.07) is 6.59. The number of benzene rings is 1. The maximum absolute atomic E-state index is 12.5. The van der Waals surface area contributed by atoms with Crippen molar-refractivity contribution in [1.82, 2.24) is 15.1 Å². The number of hydrogen-bond acceptors (Lipinski definition) is 4. The molecule has 1 saturated heterocycles. The van der Waals surface area contributed by atoms with Crippen molar-refractivity contribution in [3.63, 3.8) is 0 Å². The fourth-order valence-corrected chi connectivity index (χ4v) is 5.03. The highest BCUT2D eigenvalue weighted by Gasteiger charge is 2.36. The molecular formula is C24H31N3O4. The van der Waals surface area contributed by atoms with Gasteiger partial charge in [0.05, 0.1) is 11.1 Å². The third kappa shape index (κ3) is 4.97. The van der Waals surface area contributed by atoms with Gasteiger partial charge < -0.3 is 10.2 Å². The van der Waals surface area contributed by atoms with Gasteiger partial charge in [-0.15, -0.1) is 0 Å². The second-order valence-electron chi connectivity index (χ2n) is 9.01. The van der Waals surface area contributed by atoms with Crippen molar-refractivity contribution in [3.05, 3.63) is 35.4 Å². The minimum absolute atomic E-state index is 0.0370. The van der Waals surface area contributed by atoms with Crippen LogP contribution in [0.4, 0.5) is 0 Å². The number of hydrogen-bond donors (Lipinski definition) is 1. The van der Waals surface area contributed by atoms with E-state index >= 15 is 0 Å². The Morgan fingerprint density at radius 3 is 2.13 bits per heavy atom. The van der Waals surface area contributed by atoms with Crippen LogP contribution in [0.3, 0.4) is 0 Å². The Morgan fingerprint density at radius 2 is 1.52 bits per heavy atom. The number of likely N-dealkylation sites (tertiary alicyclic amines) is 1. The summed E-state index contributed by atoms with van der Waals surface area (Å²) in [5, 5.41) is 2.93. The largest absolute Gasteiger partial charge is 0.352 e. The van der Waals surface area contributed by atoms with Crippen molar-refractivity contribution < 1.29 is 19.2 Å². The van der Waals surface area contributed by atoms with Gasteiger partial charge in [-0.25, -0.2) is 0 Å². The fraction of sp³-hybridized carbons (Fsp3) is 0.583. The van der Waals surface area contributed by atoms with Crippen LogP contribution in [-0.4, -0.2) is 59.1 Å². The van der Waals surface area contributed by atoms with Crippen LogP contribution >= 0.6 is 0 Å². The minimum Gasteiger partial charge on any atom is -0.352 e. The summed E-state index contributed by atoms with van der Waals surface area (Å²) >= 11 is 0. The molecule has 0 bridgehead atoms. The summed E-state index contributed by atoms with van der Waals surface area (Å²) in [7, 11) is 0. The molecule has 4 rings (SSSR count). The van der Waals surface area contributed by atoms with Gasteiger partial charge in [-0.3, -0.25) is 24.1 Å². The van der Waals surface area contributed by atoms with Crippen molar-refractivity contribution in [2.75, 3.05) is 19.6 Å². The van der Waals surface area contributed by atoms with Crippen molar-refractivity contribution in [2.45, 2.75) is 63.8 Å². The number of carbonyl (C=O) groups is 4. The molecule has 166 valence electrons. The monoisotopic (exact) mass is 425 g/mol. The van der Waals surface area contributed by atoms with Crippen molar-refractivity contribution in [3.8, 4) is 0 Å². The summed E-state index contributed by atoms with van der Waals surface area (Å²) in [5.74, 6) is -0.252.